The smallest absolute Gasteiger partial charge is 0.336 e. The summed E-state index contributed by atoms with van der Waals surface area (Å²) in [4.78, 5) is 21.3. The van der Waals surface area contributed by atoms with Crippen LogP contribution in [-0.4, -0.2) is 17.6 Å². The Morgan fingerprint density at radius 2 is 2.12 bits per heavy atom. The van der Waals surface area contributed by atoms with Gasteiger partial charge in [0.25, 0.3) is 0 Å². The van der Waals surface area contributed by atoms with Crippen LogP contribution in [0.1, 0.15) is 0 Å². The Labute approximate surface area is 90.3 Å². The van der Waals surface area contributed by atoms with Gasteiger partial charge in [0, 0.05) is 17.1 Å². The van der Waals surface area contributed by atoms with Gasteiger partial charge < -0.3 is 14.8 Å². The molecule has 0 aliphatic rings. The normalized spacial score (nSPS) is 10.2. The summed E-state index contributed by atoms with van der Waals surface area (Å²) >= 11 is 0. The molecule has 0 fully saturated rings. The van der Waals surface area contributed by atoms with E-state index in [1.54, 1.807) is 24.3 Å². The molecule has 82 valence electrons. The van der Waals surface area contributed by atoms with E-state index in [-0.39, 0.29) is 6.54 Å². The van der Waals surface area contributed by atoms with E-state index in [2.05, 4.69) is 5.32 Å². The van der Waals surface area contributed by atoms with Crippen molar-refractivity contribution in [2.75, 3.05) is 11.9 Å². The number of hydrogen-bond acceptors (Lipinski definition) is 4. The summed E-state index contributed by atoms with van der Waals surface area (Å²) in [6, 6.07) is 7.97. The molecule has 0 aliphatic carbocycles. The van der Waals surface area contributed by atoms with Crippen LogP contribution < -0.4 is 10.9 Å². The van der Waals surface area contributed by atoms with Gasteiger partial charge in [0.05, 0.1) is 0 Å². The topological polar surface area (TPSA) is 79.5 Å². The number of fused-ring (bicyclic) bond motifs is 1. The third kappa shape index (κ3) is 2.20. The molecule has 0 bridgehead atoms. The Morgan fingerprint density at radius 3 is 2.88 bits per heavy atom. The second kappa shape index (κ2) is 4.06. The molecule has 0 saturated carbocycles. The van der Waals surface area contributed by atoms with E-state index >= 15 is 0 Å². The van der Waals surface area contributed by atoms with Gasteiger partial charge in [-0.15, -0.1) is 0 Å². The molecule has 5 nitrogen and oxygen atoms in total. The molecule has 0 atom stereocenters. The number of anilines is 1. The lowest BCUT2D eigenvalue weighted by Crippen LogP contribution is -2.12. The zero-order chi connectivity index (χ0) is 11.5. The molecule has 2 rings (SSSR count). The maximum atomic E-state index is 10.9. The van der Waals surface area contributed by atoms with Gasteiger partial charge in [-0.1, -0.05) is 0 Å². The summed E-state index contributed by atoms with van der Waals surface area (Å²) in [5.74, 6) is -0.931. The van der Waals surface area contributed by atoms with Crippen molar-refractivity contribution in [3.8, 4) is 0 Å². The van der Waals surface area contributed by atoms with Gasteiger partial charge >= 0.3 is 11.6 Å². The summed E-state index contributed by atoms with van der Waals surface area (Å²) in [7, 11) is 0. The van der Waals surface area contributed by atoms with Crippen molar-refractivity contribution in [3.63, 3.8) is 0 Å². The first kappa shape index (κ1) is 10.2. The number of benzene rings is 1. The molecule has 1 aromatic heterocycles. The van der Waals surface area contributed by atoms with Crippen LogP contribution in [0.4, 0.5) is 5.69 Å². The van der Waals surface area contributed by atoms with Crippen LogP contribution in [0.25, 0.3) is 11.0 Å². The number of carboxylic acids is 1. The van der Waals surface area contributed by atoms with E-state index in [9.17, 15) is 9.59 Å². The minimum absolute atomic E-state index is 0.151. The predicted octanol–water partition coefficient (Wildman–Crippen LogP) is 1.29. The van der Waals surface area contributed by atoms with Crippen molar-refractivity contribution in [1.82, 2.24) is 0 Å². The SMILES string of the molecule is O=C(O)CNc1ccc2oc(=O)ccc2c1. The average Bonchev–Trinajstić information content (AvgIpc) is 2.26. The maximum Gasteiger partial charge on any atom is 0.336 e. The Morgan fingerprint density at radius 1 is 1.31 bits per heavy atom. The third-order valence-electron chi connectivity index (χ3n) is 2.06. The monoisotopic (exact) mass is 219 g/mol. The Bertz CT molecular complexity index is 588. The minimum atomic E-state index is -0.931. The van der Waals surface area contributed by atoms with Gasteiger partial charge in [0.2, 0.25) is 0 Å². The number of nitrogens with one attached hydrogen (secondary N) is 1. The van der Waals surface area contributed by atoms with Crippen LogP contribution in [0.5, 0.6) is 0 Å². The predicted molar refractivity (Wildman–Crippen MR) is 58.6 cm³/mol. The highest BCUT2D eigenvalue weighted by molar-refractivity contribution is 5.81. The molecular formula is C11H9NO4. The molecular weight excluding hydrogens is 210 g/mol. The standard InChI is InChI=1S/C11H9NO4/c13-10(14)6-12-8-2-3-9-7(5-8)1-4-11(15)16-9/h1-5,12H,6H2,(H,13,14). The molecule has 0 saturated heterocycles. The van der Waals surface area contributed by atoms with Crippen molar-refractivity contribution >= 4 is 22.6 Å². The first-order chi connectivity index (χ1) is 7.65. The van der Waals surface area contributed by atoms with Gasteiger partial charge in [-0.05, 0) is 24.3 Å². The maximum absolute atomic E-state index is 10.9. The number of carbonyl (C=O) groups is 1. The largest absolute Gasteiger partial charge is 0.480 e. The van der Waals surface area contributed by atoms with E-state index in [0.29, 0.717) is 11.3 Å². The lowest BCUT2D eigenvalue weighted by atomic mass is 10.2. The molecule has 0 spiro atoms. The number of rotatable bonds is 3. The van der Waals surface area contributed by atoms with Gasteiger partial charge in [0.1, 0.15) is 12.1 Å². The van der Waals surface area contributed by atoms with Crippen LogP contribution in [0.15, 0.2) is 39.5 Å². The quantitative estimate of drug-likeness (QED) is 0.760. The van der Waals surface area contributed by atoms with Crippen molar-refractivity contribution in [2.45, 2.75) is 0 Å². The van der Waals surface area contributed by atoms with Gasteiger partial charge in [-0.3, -0.25) is 4.79 Å². The minimum Gasteiger partial charge on any atom is -0.480 e. The average molecular weight is 219 g/mol. The molecule has 2 N–H and O–H groups in total. The first-order valence-electron chi connectivity index (χ1n) is 4.65. The molecule has 2 aromatic rings. The Hall–Kier alpha value is -2.30. The molecule has 0 amide bonds. The fourth-order valence-corrected chi connectivity index (χ4v) is 1.36. The van der Waals surface area contributed by atoms with Crippen LogP contribution in [0.3, 0.4) is 0 Å². The molecule has 0 radical (unpaired) electrons. The number of carboxylic acid groups (broad SMARTS) is 1. The molecule has 16 heavy (non-hydrogen) atoms. The highest BCUT2D eigenvalue weighted by Crippen LogP contribution is 2.17. The summed E-state index contributed by atoms with van der Waals surface area (Å²) in [5.41, 5.74) is 0.746. The van der Waals surface area contributed by atoms with Crippen LogP contribution in [-0.2, 0) is 4.79 Å². The lowest BCUT2D eigenvalue weighted by Gasteiger charge is -2.03. The van der Waals surface area contributed by atoms with E-state index in [4.69, 9.17) is 9.52 Å². The Kier molecular flexibility index (Phi) is 2.59. The van der Waals surface area contributed by atoms with Crippen LogP contribution in [0.2, 0.25) is 0 Å². The summed E-state index contributed by atoms with van der Waals surface area (Å²) < 4.78 is 4.94. The van der Waals surface area contributed by atoms with Gasteiger partial charge in [-0.2, -0.15) is 0 Å². The zero-order valence-corrected chi connectivity index (χ0v) is 8.27. The molecule has 1 aromatic carbocycles. The van der Waals surface area contributed by atoms with Crippen molar-refractivity contribution in [3.05, 3.63) is 40.8 Å². The zero-order valence-electron chi connectivity index (χ0n) is 8.27. The van der Waals surface area contributed by atoms with Crippen molar-refractivity contribution in [1.29, 1.82) is 0 Å². The lowest BCUT2D eigenvalue weighted by molar-refractivity contribution is -0.134. The van der Waals surface area contributed by atoms with E-state index in [1.807, 2.05) is 0 Å². The molecule has 0 aliphatic heterocycles. The third-order valence-corrected chi connectivity index (χ3v) is 2.06. The van der Waals surface area contributed by atoms with Gasteiger partial charge in [-0.25, -0.2) is 4.79 Å². The highest BCUT2D eigenvalue weighted by atomic mass is 16.4. The molecule has 0 unspecified atom stereocenters. The highest BCUT2D eigenvalue weighted by Gasteiger charge is 2.00. The first-order valence-corrected chi connectivity index (χ1v) is 4.65. The number of hydrogen-bond donors (Lipinski definition) is 2. The number of aliphatic carboxylic acids is 1. The van der Waals surface area contributed by atoms with Crippen molar-refractivity contribution in [2.24, 2.45) is 0 Å². The second-order valence-electron chi connectivity index (χ2n) is 3.25. The fraction of sp³-hybridized carbons (Fsp3) is 0.0909. The van der Waals surface area contributed by atoms with E-state index < -0.39 is 11.6 Å². The van der Waals surface area contributed by atoms with Crippen LogP contribution >= 0.6 is 0 Å². The van der Waals surface area contributed by atoms with E-state index in [1.165, 1.54) is 6.07 Å². The second-order valence-corrected chi connectivity index (χ2v) is 3.25. The summed E-state index contributed by atoms with van der Waals surface area (Å²) in [6.07, 6.45) is 0. The van der Waals surface area contributed by atoms with E-state index in [0.717, 1.165) is 5.39 Å². The molecule has 1 heterocycles. The van der Waals surface area contributed by atoms with Crippen molar-refractivity contribution < 1.29 is 14.3 Å². The molecule has 5 heteroatoms. The fourth-order valence-electron chi connectivity index (χ4n) is 1.36. The van der Waals surface area contributed by atoms with Gasteiger partial charge in [0.15, 0.2) is 0 Å². The Balaban J connectivity index is 2.33. The van der Waals surface area contributed by atoms with Crippen LogP contribution in [0, 0.1) is 0 Å². The summed E-state index contributed by atoms with van der Waals surface area (Å²) in [6.45, 7) is -0.151. The summed E-state index contributed by atoms with van der Waals surface area (Å²) in [5, 5.41) is 12.0.